The number of anilines is 1. The number of carbonyl (C=O) groups is 2. The summed E-state index contributed by atoms with van der Waals surface area (Å²) in [5, 5.41) is 10.5. The Bertz CT molecular complexity index is 1140. The fourth-order valence-corrected chi connectivity index (χ4v) is 6.35. The molecule has 0 saturated carbocycles. The van der Waals surface area contributed by atoms with E-state index in [9.17, 15) is 24.1 Å². The number of ether oxygens (including phenoxy) is 1. The van der Waals surface area contributed by atoms with Gasteiger partial charge in [-0.1, -0.05) is 65.1 Å². The molecule has 1 fully saturated rings. The average Bonchev–Trinajstić information content (AvgIpc) is 3.12. The van der Waals surface area contributed by atoms with E-state index in [1.165, 1.54) is 6.07 Å². The molecule has 0 amide bonds. The number of aromatic nitrogens is 2. The van der Waals surface area contributed by atoms with Crippen molar-refractivity contribution in [3.8, 4) is 0 Å². The van der Waals surface area contributed by atoms with E-state index in [2.05, 4.69) is 4.98 Å². The van der Waals surface area contributed by atoms with E-state index in [0.717, 1.165) is 34.3 Å². The van der Waals surface area contributed by atoms with Gasteiger partial charge in [-0.05, 0) is 6.07 Å². The minimum Gasteiger partial charge on any atom is -0.387 e. The summed E-state index contributed by atoms with van der Waals surface area (Å²) in [4.78, 5) is 40.2. The average molecular weight is 643 g/mol. The zero-order valence-corrected chi connectivity index (χ0v) is 26.6. The summed E-state index contributed by atoms with van der Waals surface area (Å²) in [5.41, 5.74) is 7.28. The van der Waals surface area contributed by atoms with E-state index in [4.69, 9.17) is 29.8 Å². The summed E-state index contributed by atoms with van der Waals surface area (Å²) in [6, 6.07) is 1.25. The van der Waals surface area contributed by atoms with Crippen LogP contribution in [0.4, 0.5) is 10.2 Å². The van der Waals surface area contributed by atoms with Crippen molar-refractivity contribution in [3.63, 3.8) is 0 Å². The largest absolute Gasteiger partial charge is 0.474 e. The molecule has 0 aromatic carbocycles. The molecule has 0 radical (unpaired) electrons. The Kier molecular flexibility index (Phi) is 12.6. The summed E-state index contributed by atoms with van der Waals surface area (Å²) in [6.07, 6.45) is -4.49. The predicted octanol–water partition coefficient (Wildman–Crippen LogP) is 2.52. The van der Waals surface area contributed by atoms with E-state index < -0.39 is 61.6 Å². The van der Waals surface area contributed by atoms with Crippen molar-refractivity contribution < 1.29 is 42.0 Å². The Labute approximate surface area is 247 Å². The van der Waals surface area contributed by atoms with E-state index in [0.29, 0.717) is 0 Å². The van der Waals surface area contributed by atoms with Gasteiger partial charge in [0.2, 0.25) is 0 Å². The topological polar surface area (TPSA) is 195 Å². The first kappa shape index (κ1) is 35.8. The number of phosphoric acid groups is 1. The molecule has 234 valence electrons. The predicted molar refractivity (Wildman–Crippen MR) is 155 cm³/mol. The minimum atomic E-state index is -4.40. The highest BCUT2D eigenvalue weighted by Gasteiger charge is 2.56. The van der Waals surface area contributed by atoms with Crippen LogP contribution < -0.4 is 17.2 Å². The van der Waals surface area contributed by atoms with Crippen molar-refractivity contribution in [3.05, 3.63) is 22.7 Å². The summed E-state index contributed by atoms with van der Waals surface area (Å²) >= 11 is 1.96. The number of nitrogens with zero attached hydrogens (tertiary/aromatic N) is 2. The van der Waals surface area contributed by atoms with Gasteiger partial charge in [0.15, 0.2) is 22.6 Å². The number of nitrogens with two attached hydrogens (primary N) is 2. The maximum atomic E-state index is 15.2. The zero-order chi connectivity index (χ0) is 31.2. The highest BCUT2D eigenvalue weighted by Crippen LogP contribution is 2.51. The number of thioether (sulfide) groups is 2. The molecule has 1 aromatic rings. The monoisotopic (exact) mass is 642 g/mol. The van der Waals surface area contributed by atoms with Gasteiger partial charge < -0.3 is 21.3 Å². The van der Waals surface area contributed by atoms with Gasteiger partial charge in [0.1, 0.15) is 17.5 Å². The van der Waals surface area contributed by atoms with Crippen molar-refractivity contribution >= 4 is 47.4 Å². The molecule has 2 heterocycles. The summed E-state index contributed by atoms with van der Waals surface area (Å²) < 4.78 is 51.5. The highest BCUT2D eigenvalue weighted by molar-refractivity contribution is 8.14. The zero-order valence-electron chi connectivity index (χ0n) is 24.0. The molecule has 17 heteroatoms. The fourth-order valence-electron chi connectivity index (χ4n) is 3.30. The molecule has 5 N–H and O–H groups in total. The van der Waals surface area contributed by atoms with Crippen molar-refractivity contribution in [1.29, 1.82) is 0 Å². The third-order valence-electron chi connectivity index (χ3n) is 5.76. The van der Waals surface area contributed by atoms with Crippen LogP contribution in [0.25, 0.3) is 0 Å². The van der Waals surface area contributed by atoms with Crippen molar-refractivity contribution in [2.24, 2.45) is 16.6 Å². The molecule has 13 nitrogen and oxygen atoms in total. The van der Waals surface area contributed by atoms with Gasteiger partial charge in [0.05, 0.1) is 19.8 Å². The van der Waals surface area contributed by atoms with Crippen LogP contribution in [0, 0.1) is 10.8 Å². The van der Waals surface area contributed by atoms with Crippen LogP contribution in [-0.2, 0) is 32.5 Å². The third-order valence-corrected chi connectivity index (χ3v) is 9.70. The van der Waals surface area contributed by atoms with Gasteiger partial charge in [-0.3, -0.25) is 27.7 Å². The van der Waals surface area contributed by atoms with Crippen molar-refractivity contribution in [2.45, 2.75) is 65.6 Å². The fraction of sp³-hybridized carbons (Fsp3) is 0.750. The lowest BCUT2D eigenvalue weighted by atomic mass is 9.97. The number of hydrogen-bond donors (Lipinski definition) is 3. The van der Waals surface area contributed by atoms with Gasteiger partial charge in [0, 0.05) is 35.1 Å². The van der Waals surface area contributed by atoms with Crippen molar-refractivity contribution in [1.82, 2.24) is 9.55 Å². The van der Waals surface area contributed by atoms with Gasteiger partial charge in [-0.15, -0.1) is 0 Å². The first-order valence-electron chi connectivity index (χ1n) is 12.8. The second-order valence-corrected chi connectivity index (χ2v) is 15.2. The minimum absolute atomic E-state index is 0.0893. The molecule has 1 aliphatic heterocycles. The molecule has 2 rings (SSSR count). The molecular formula is C24H40FN4O9PS2. The van der Waals surface area contributed by atoms with Crippen LogP contribution in [0.15, 0.2) is 17.1 Å². The molecule has 0 aliphatic carbocycles. The number of hydrogen-bond acceptors (Lipinski definition) is 14. The second kappa shape index (κ2) is 14.4. The van der Waals surface area contributed by atoms with Gasteiger partial charge in [-0.2, -0.15) is 4.98 Å². The second-order valence-electron chi connectivity index (χ2n) is 11.4. The lowest BCUT2D eigenvalue weighted by Gasteiger charge is -2.31. The number of carbonyl (C=O) groups excluding carboxylic acids is 2. The van der Waals surface area contributed by atoms with Crippen LogP contribution in [0.5, 0.6) is 0 Å². The summed E-state index contributed by atoms with van der Waals surface area (Å²) in [7, 11) is -4.40. The molecule has 0 bridgehead atoms. The molecule has 0 spiro atoms. The Hall–Kier alpha value is -1.36. The van der Waals surface area contributed by atoms with Crippen LogP contribution in [0.3, 0.4) is 0 Å². The smallest absolute Gasteiger partial charge is 0.387 e. The number of phosphoric ester groups is 1. The molecule has 41 heavy (non-hydrogen) atoms. The molecule has 4 atom stereocenters. The Morgan fingerprint density at radius 1 is 1.12 bits per heavy atom. The Morgan fingerprint density at radius 2 is 1.63 bits per heavy atom. The lowest BCUT2D eigenvalue weighted by Crippen LogP contribution is -2.51. The van der Waals surface area contributed by atoms with E-state index in [1.54, 1.807) is 41.5 Å². The number of aliphatic hydroxyl groups excluding tert-OH is 1. The molecule has 1 aliphatic rings. The quantitative estimate of drug-likeness (QED) is 0.210. The normalized spacial score (nSPS) is 23.6. The lowest BCUT2D eigenvalue weighted by molar-refractivity contribution is -0.122. The third kappa shape index (κ3) is 9.83. The van der Waals surface area contributed by atoms with Gasteiger partial charge >= 0.3 is 13.5 Å². The number of rotatable bonds is 13. The molecule has 0 unspecified atom stereocenters. The maximum Gasteiger partial charge on any atom is 0.474 e. The van der Waals surface area contributed by atoms with Crippen molar-refractivity contribution in [2.75, 3.05) is 43.6 Å². The Balaban J connectivity index is 2.15. The number of alkyl halides is 1. The van der Waals surface area contributed by atoms with Crippen LogP contribution in [0.1, 0.15) is 47.8 Å². The van der Waals surface area contributed by atoms with Gasteiger partial charge in [0.25, 0.3) is 0 Å². The SMILES string of the molecule is CC(C)(C)C(=O)SCCOP(=O)(OCCSC(=O)C(C)(C)C)OC[C@@]1(CN)O[C@@H](n2ccc(N)nc2=O)[C@H](F)[C@@H]1O. The summed E-state index contributed by atoms with van der Waals surface area (Å²) in [5.74, 6) is 0.174. The van der Waals surface area contributed by atoms with Gasteiger partial charge in [-0.25, -0.2) is 13.8 Å². The molecule has 1 saturated heterocycles. The standard InChI is InChI=1S/C24H40FN4O9PS2/c1-22(2,3)19(31)40-11-9-35-39(34,36-10-12-41-20(32)23(4,5)6)37-14-24(13-26)17(30)16(25)18(38-24)29-8-7-15(27)28-21(29)33/h7-8,16-18,30H,9-14,26H2,1-6H3,(H2,27,28,33)/t16-,17+,18-,24-/m1/s1. The van der Waals surface area contributed by atoms with E-state index in [-0.39, 0.29) is 40.8 Å². The van der Waals surface area contributed by atoms with Crippen LogP contribution in [0.2, 0.25) is 0 Å². The molecule has 1 aromatic heterocycles. The first-order chi connectivity index (χ1) is 18.8. The maximum absolute atomic E-state index is 15.2. The summed E-state index contributed by atoms with van der Waals surface area (Å²) in [6.45, 7) is 8.91. The van der Waals surface area contributed by atoms with E-state index >= 15 is 4.39 Å². The number of halogens is 1. The van der Waals surface area contributed by atoms with Crippen LogP contribution >= 0.6 is 31.3 Å². The van der Waals surface area contributed by atoms with E-state index in [1.807, 2.05) is 0 Å². The first-order valence-corrected chi connectivity index (χ1v) is 16.2. The number of nitrogen functional groups attached to an aromatic ring is 1. The molecular weight excluding hydrogens is 602 g/mol. The van der Waals surface area contributed by atoms with Crippen LogP contribution in [-0.4, -0.2) is 80.6 Å². The Morgan fingerprint density at radius 3 is 2.07 bits per heavy atom. The number of aliphatic hydroxyl groups is 1. The highest BCUT2D eigenvalue weighted by atomic mass is 32.2.